The SMILES string of the molecule is NC(=O)/C=C1/c2ccccc2N(C(=O)c2ccc(N3CCC(c4ccccc4)C3)cc2Cl)CCC1(F)F. The zero-order valence-electron chi connectivity index (χ0n) is 20.0. The van der Waals surface area contributed by atoms with Crippen LogP contribution in [0.15, 0.2) is 78.9 Å². The maximum atomic E-state index is 15.0. The summed E-state index contributed by atoms with van der Waals surface area (Å²) in [6.07, 6.45) is 1.10. The van der Waals surface area contributed by atoms with E-state index >= 15 is 8.78 Å². The first-order chi connectivity index (χ1) is 17.7. The molecule has 5 nitrogen and oxygen atoms in total. The highest BCUT2D eigenvalue weighted by Gasteiger charge is 2.41. The summed E-state index contributed by atoms with van der Waals surface area (Å²) < 4.78 is 30.0. The number of amides is 2. The number of halogens is 3. The quantitative estimate of drug-likeness (QED) is 0.435. The Labute approximate surface area is 219 Å². The largest absolute Gasteiger partial charge is 0.371 e. The molecule has 3 aromatic carbocycles. The lowest BCUT2D eigenvalue weighted by Gasteiger charge is -2.24. The van der Waals surface area contributed by atoms with Crippen molar-refractivity contribution < 1.29 is 18.4 Å². The van der Waals surface area contributed by atoms with E-state index in [9.17, 15) is 9.59 Å². The number of hydrogen-bond acceptors (Lipinski definition) is 3. The number of benzene rings is 3. The van der Waals surface area contributed by atoms with Crippen molar-refractivity contribution in [1.82, 2.24) is 0 Å². The van der Waals surface area contributed by atoms with E-state index in [-0.39, 0.29) is 28.4 Å². The zero-order chi connectivity index (χ0) is 26.2. The number of primary amides is 1. The van der Waals surface area contributed by atoms with Crippen LogP contribution in [-0.4, -0.2) is 37.4 Å². The highest BCUT2D eigenvalue weighted by atomic mass is 35.5. The second-order valence-corrected chi connectivity index (χ2v) is 9.80. The molecule has 1 fully saturated rings. The summed E-state index contributed by atoms with van der Waals surface area (Å²) in [5.74, 6) is -4.37. The summed E-state index contributed by atoms with van der Waals surface area (Å²) in [6.45, 7) is 1.46. The number of rotatable bonds is 4. The molecule has 3 aromatic rings. The Morgan fingerprint density at radius 2 is 1.73 bits per heavy atom. The topological polar surface area (TPSA) is 66.6 Å². The van der Waals surface area contributed by atoms with Gasteiger partial charge in [0.2, 0.25) is 5.91 Å². The van der Waals surface area contributed by atoms with Crippen molar-refractivity contribution in [3.05, 3.63) is 101 Å². The molecule has 190 valence electrons. The van der Waals surface area contributed by atoms with E-state index in [1.54, 1.807) is 30.3 Å². The lowest BCUT2D eigenvalue weighted by molar-refractivity contribution is -0.113. The maximum absolute atomic E-state index is 15.0. The molecule has 0 aliphatic carbocycles. The summed E-state index contributed by atoms with van der Waals surface area (Å²) in [5, 5.41) is 0.257. The molecular formula is C29H26ClF2N3O2. The number of alkyl halides is 2. The predicted molar refractivity (Wildman–Crippen MR) is 142 cm³/mol. The van der Waals surface area contributed by atoms with Crippen LogP contribution in [0.5, 0.6) is 0 Å². The van der Waals surface area contributed by atoms with Crippen LogP contribution >= 0.6 is 11.6 Å². The van der Waals surface area contributed by atoms with Crippen molar-refractivity contribution in [3.8, 4) is 0 Å². The van der Waals surface area contributed by atoms with Crippen molar-refractivity contribution in [2.45, 2.75) is 24.7 Å². The molecule has 5 rings (SSSR count). The van der Waals surface area contributed by atoms with Crippen molar-refractivity contribution in [3.63, 3.8) is 0 Å². The van der Waals surface area contributed by atoms with Crippen molar-refractivity contribution in [1.29, 1.82) is 0 Å². The van der Waals surface area contributed by atoms with Crippen LogP contribution < -0.4 is 15.5 Å². The first-order valence-electron chi connectivity index (χ1n) is 12.1. The molecule has 1 saturated heterocycles. The Morgan fingerprint density at radius 3 is 2.46 bits per heavy atom. The molecule has 2 aliphatic heterocycles. The molecule has 0 radical (unpaired) electrons. The van der Waals surface area contributed by atoms with Gasteiger partial charge in [0.25, 0.3) is 11.8 Å². The van der Waals surface area contributed by atoms with E-state index in [0.717, 1.165) is 31.3 Å². The number of nitrogens with zero attached hydrogens (tertiary/aromatic N) is 2. The van der Waals surface area contributed by atoms with Crippen LogP contribution in [0.2, 0.25) is 5.02 Å². The van der Waals surface area contributed by atoms with Gasteiger partial charge < -0.3 is 15.5 Å². The number of hydrogen-bond donors (Lipinski definition) is 1. The van der Waals surface area contributed by atoms with Crippen LogP contribution in [0.25, 0.3) is 5.57 Å². The summed E-state index contributed by atoms with van der Waals surface area (Å²) in [4.78, 5) is 28.7. The van der Waals surface area contributed by atoms with Crippen LogP contribution in [-0.2, 0) is 4.79 Å². The summed E-state index contributed by atoms with van der Waals surface area (Å²) in [7, 11) is 0. The molecule has 37 heavy (non-hydrogen) atoms. The summed E-state index contributed by atoms with van der Waals surface area (Å²) >= 11 is 6.60. The van der Waals surface area contributed by atoms with E-state index in [0.29, 0.717) is 5.92 Å². The summed E-state index contributed by atoms with van der Waals surface area (Å²) in [5.41, 5.74) is 7.53. The molecule has 2 aliphatic rings. The van der Waals surface area contributed by atoms with Gasteiger partial charge >= 0.3 is 0 Å². The highest BCUT2D eigenvalue weighted by molar-refractivity contribution is 6.35. The number of carbonyl (C=O) groups excluding carboxylic acids is 2. The van der Waals surface area contributed by atoms with Gasteiger partial charge in [-0.25, -0.2) is 8.78 Å². The summed E-state index contributed by atoms with van der Waals surface area (Å²) in [6, 6.07) is 21.9. The molecule has 8 heteroatoms. The van der Waals surface area contributed by atoms with E-state index in [4.69, 9.17) is 17.3 Å². The van der Waals surface area contributed by atoms with Gasteiger partial charge in [-0.05, 0) is 36.2 Å². The lowest BCUT2D eigenvalue weighted by Crippen LogP contribution is -2.33. The molecule has 2 N–H and O–H groups in total. The third-order valence-corrected chi connectivity index (χ3v) is 7.38. The highest BCUT2D eigenvalue weighted by Crippen LogP contribution is 2.43. The molecular weight excluding hydrogens is 496 g/mol. The third-order valence-electron chi connectivity index (χ3n) is 7.07. The Kier molecular flexibility index (Phi) is 6.73. The fraction of sp³-hybridized carbons (Fsp3) is 0.241. The Morgan fingerprint density at radius 1 is 1.00 bits per heavy atom. The van der Waals surface area contributed by atoms with Gasteiger partial charge in [0.15, 0.2) is 0 Å². The number of para-hydroxylation sites is 1. The maximum Gasteiger partial charge on any atom is 0.275 e. The molecule has 1 atom stereocenters. The fourth-order valence-electron chi connectivity index (χ4n) is 5.19. The predicted octanol–water partition coefficient (Wildman–Crippen LogP) is 5.89. The molecule has 0 aromatic heterocycles. The van der Waals surface area contributed by atoms with Crippen molar-refractivity contribution >= 4 is 40.4 Å². The van der Waals surface area contributed by atoms with Crippen LogP contribution in [0, 0.1) is 0 Å². The van der Waals surface area contributed by atoms with Crippen LogP contribution in [0.3, 0.4) is 0 Å². The Hall–Kier alpha value is -3.71. The standard InChI is InChI=1S/C29H26ClF2N3O2/c30-25-16-21(34-14-12-20(18-34)19-6-2-1-3-7-19)10-11-23(25)28(37)35-15-13-29(31,32)24(17-27(33)36)22-8-4-5-9-26(22)35/h1-11,16-17,20H,12-15,18H2,(H2,33,36)/b24-17-. The molecule has 2 amide bonds. The number of anilines is 2. The van der Waals surface area contributed by atoms with Crippen molar-refractivity contribution in [2.24, 2.45) is 5.73 Å². The molecule has 0 bridgehead atoms. The van der Waals surface area contributed by atoms with E-state index in [1.165, 1.54) is 16.5 Å². The fourth-order valence-corrected chi connectivity index (χ4v) is 5.44. The van der Waals surface area contributed by atoms with E-state index in [2.05, 4.69) is 17.0 Å². The van der Waals surface area contributed by atoms with Gasteiger partial charge in [0.05, 0.1) is 16.3 Å². The second kappa shape index (κ2) is 9.98. The van der Waals surface area contributed by atoms with E-state index < -0.39 is 29.7 Å². The molecule has 0 saturated carbocycles. The number of carbonyl (C=O) groups is 2. The molecule has 2 heterocycles. The minimum atomic E-state index is -3.33. The van der Waals surface area contributed by atoms with Crippen molar-refractivity contribution in [2.75, 3.05) is 29.4 Å². The van der Waals surface area contributed by atoms with Crippen LogP contribution in [0.4, 0.5) is 20.2 Å². The van der Waals surface area contributed by atoms with Gasteiger partial charge in [-0.3, -0.25) is 9.59 Å². The second-order valence-electron chi connectivity index (χ2n) is 9.40. The number of allylic oxidation sites excluding steroid dienone is 1. The van der Waals surface area contributed by atoms with Gasteiger partial charge in [0, 0.05) is 54.9 Å². The number of fused-ring (bicyclic) bond motifs is 1. The third kappa shape index (κ3) is 4.96. The Balaban J connectivity index is 1.42. The normalized spacial score (nSPS) is 20.0. The number of nitrogens with two attached hydrogens (primary N) is 1. The van der Waals surface area contributed by atoms with Gasteiger partial charge in [0.1, 0.15) is 0 Å². The first kappa shape index (κ1) is 25.0. The van der Waals surface area contributed by atoms with E-state index in [1.807, 2.05) is 24.3 Å². The van der Waals surface area contributed by atoms with Crippen LogP contribution in [0.1, 0.15) is 40.2 Å². The Bertz CT molecular complexity index is 1380. The average Bonchev–Trinajstić information content (AvgIpc) is 3.35. The van der Waals surface area contributed by atoms with Gasteiger partial charge in [-0.2, -0.15) is 0 Å². The average molecular weight is 522 g/mol. The lowest BCUT2D eigenvalue weighted by atomic mass is 9.97. The molecule has 0 spiro atoms. The molecule has 1 unspecified atom stereocenters. The smallest absolute Gasteiger partial charge is 0.275 e. The zero-order valence-corrected chi connectivity index (χ0v) is 20.8. The first-order valence-corrected chi connectivity index (χ1v) is 12.5. The monoisotopic (exact) mass is 521 g/mol. The minimum absolute atomic E-state index is 0.0916. The van der Waals surface area contributed by atoms with Gasteiger partial charge in [-0.15, -0.1) is 0 Å². The minimum Gasteiger partial charge on any atom is -0.371 e. The van der Waals surface area contributed by atoms with Gasteiger partial charge in [-0.1, -0.05) is 60.1 Å².